The highest BCUT2D eigenvalue weighted by Crippen LogP contribution is 2.28. The van der Waals surface area contributed by atoms with Crippen LogP contribution in [-0.4, -0.2) is 18.4 Å². The Bertz CT molecular complexity index is 665. The Morgan fingerprint density at radius 1 is 1.09 bits per heavy atom. The summed E-state index contributed by atoms with van der Waals surface area (Å²) in [4.78, 5) is 23.2. The quantitative estimate of drug-likeness (QED) is 0.625. The number of hydrogen-bond acceptors (Lipinski definition) is 4. The Morgan fingerprint density at radius 3 is 2.59 bits per heavy atom. The molecule has 114 valence electrons. The summed E-state index contributed by atoms with van der Waals surface area (Å²) in [5, 5.41) is 0. The second kappa shape index (κ2) is 6.60. The molecule has 0 atom stereocenters. The fourth-order valence-corrected chi connectivity index (χ4v) is 2.83. The van der Waals surface area contributed by atoms with Crippen molar-refractivity contribution < 1.29 is 18.7 Å². The maximum Gasteiger partial charge on any atom is 0.339 e. The lowest BCUT2D eigenvalue weighted by Crippen LogP contribution is -2.21. The van der Waals surface area contributed by atoms with Crippen molar-refractivity contribution in [3.8, 4) is 11.3 Å². The number of aldehydes is 1. The lowest BCUT2D eigenvalue weighted by molar-refractivity contribution is 0.0212. The van der Waals surface area contributed by atoms with Gasteiger partial charge in [-0.2, -0.15) is 0 Å². The van der Waals surface area contributed by atoms with Crippen LogP contribution in [0.15, 0.2) is 40.8 Å². The predicted molar refractivity (Wildman–Crippen MR) is 81.8 cm³/mol. The fraction of sp³-hybridized carbons (Fsp3) is 0.333. The van der Waals surface area contributed by atoms with Crippen LogP contribution < -0.4 is 0 Å². The molecule has 1 saturated carbocycles. The topological polar surface area (TPSA) is 56.5 Å². The molecule has 0 bridgehead atoms. The summed E-state index contributed by atoms with van der Waals surface area (Å²) < 4.78 is 11.0. The van der Waals surface area contributed by atoms with Gasteiger partial charge in [-0.3, -0.25) is 4.79 Å². The minimum absolute atomic E-state index is 0.0106. The third kappa shape index (κ3) is 3.11. The predicted octanol–water partition coefficient (Wildman–Crippen LogP) is 4.25. The number of esters is 1. The van der Waals surface area contributed by atoms with Crippen molar-refractivity contribution >= 4 is 12.3 Å². The summed E-state index contributed by atoms with van der Waals surface area (Å²) in [6.45, 7) is 0. The van der Waals surface area contributed by atoms with E-state index in [1.54, 1.807) is 30.3 Å². The zero-order chi connectivity index (χ0) is 15.4. The molecule has 0 radical (unpaired) electrons. The van der Waals surface area contributed by atoms with Gasteiger partial charge >= 0.3 is 5.97 Å². The molecule has 1 aliphatic rings. The van der Waals surface area contributed by atoms with E-state index in [1.165, 1.54) is 6.42 Å². The van der Waals surface area contributed by atoms with Gasteiger partial charge in [-0.25, -0.2) is 4.79 Å². The van der Waals surface area contributed by atoms with Crippen LogP contribution in [0.3, 0.4) is 0 Å². The molecule has 1 aromatic heterocycles. The van der Waals surface area contributed by atoms with Gasteiger partial charge in [0.1, 0.15) is 11.9 Å². The number of carbonyl (C=O) groups is 2. The zero-order valence-corrected chi connectivity index (χ0v) is 12.3. The molecule has 0 N–H and O–H groups in total. The molecule has 0 saturated heterocycles. The van der Waals surface area contributed by atoms with Gasteiger partial charge in [0, 0.05) is 5.56 Å². The monoisotopic (exact) mass is 298 g/mol. The van der Waals surface area contributed by atoms with Gasteiger partial charge in [0.15, 0.2) is 12.0 Å². The first-order valence-electron chi connectivity index (χ1n) is 7.63. The van der Waals surface area contributed by atoms with E-state index in [-0.39, 0.29) is 17.8 Å². The van der Waals surface area contributed by atoms with Crippen LogP contribution in [0.1, 0.15) is 53.0 Å². The van der Waals surface area contributed by atoms with Crippen LogP contribution in [0.5, 0.6) is 0 Å². The van der Waals surface area contributed by atoms with Gasteiger partial charge in [-0.05, 0) is 43.9 Å². The summed E-state index contributed by atoms with van der Waals surface area (Å²) in [6.07, 6.45) is 5.96. The van der Waals surface area contributed by atoms with Gasteiger partial charge in [-0.1, -0.05) is 24.6 Å². The molecule has 4 heteroatoms. The molecule has 0 spiro atoms. The standard InChI is InChI=1S/C18H18O4/c19-12-14-10-11-17(21-14)15-8-4-5-9-16(15)18(20)22-13-6-2-1-3-7-13/h4-5,8-13H,1-3,6-7H2. The molecular weight excluding hydrogens is 280 g/mol. The average molecular weight is 298 g/mol. The molecule has 4 nitrogen and oxygen atoms in total. The Labute approximate surface area is 129 Å². The number of hydrogen-bond donors (Lipinski definition) is 0. The van der Waals surface area contributed by atoms with Crippen molar-refractivity contribution in [2.24, 2.45) is 0 Å². The molecule has 2 aromatic rings. The van der Waals surface area contributed by atoms with Crippen molar-refractivity contribution in [3.63, 3.8) is 0 Å². The fourth-order valence-electron chi connectivity index (χ4n) is 2.83. The highest BCUT2D eigenvalue weighted by atomic mass is 16.5. The van der Waals surface area contributed by atoms with Gasteiger partial charge in [0.05, 0.1) is 5.56 Å². The Balaban J connectivity index is 1.83. The van der Waals surface area contributed by atoms with E-state index in [0.29, 0.717) is 23.2 Å². The molecule has 0 amide bonds. The number of ether oxygens (including phenoxy) is 1. The first kappa shape index (κ1) is 14.6. The normalized spacial score (nSPS) is 15.5. The molecule has 1 fully saturated rings. The molecule has 1 heterocycles. The Morgan fingerprint density at radius 2 is 1.86 bits per heavy atom. The van der Waals surface area contributed by atoms with Gasteiger partial charge in [0.25, 0.3) is 0 Å². The van der Waals surface area contributed by atoms with Crippen LogP contribution in [0.2, 0.25) is 0 Å². The van der Waals surface area contributed by atoms with Crippen LogP contribution in [-0.2, 0) is 4.74 Å². The third-order valence-electron chi connectivity index (χ3n) is 3.98. The minimum Gasteiger partial charge on any atom is -0.459 e. The summed E-state index contributed by atoms with van der Waals surface area (Å²) in [5.74, 6) is 0.412. The van der Waals surface area contributed by atoms with E-state index >= 15 is 0 Å². The first-order chi connectivity index (χ1) is 10.8. The maximum absolute atomic E-state index is 12.4. The van der Waals surface area contributed by atoms with Crippen molar-refractivity contribution in [2.45, 2.75) is 38.2 Å². The minimum atomic E-state index is -0.327. The summed E-state index contributed by atoms with van der Waals surface area (Å²) in [7, 11) is 0. The lowest BCUT2D eigenvalue weighted by Gasteiger charge is -2.22. The van der Waals surface area contributed by atoms with E-state index in [0.717, 1.165) is 25.7 Å². The van der Waals surface area contributed by atoms with Crippen LogP contribution >= 0.6 is 0 Å². The van der Waals surface area contributed by atoms with Crippen molar-refractivity contribution in [3.05, 3.63) is 47.7 Å². The van der Waals surface area contributed by atoms with Gasteiger partial charge in [-0.15, -0.1) is 0 Å². The number of carbonyl (C=O) groups excluding carboxylic acids is 2. The molecular formula is C18H18O4. The van der Waals surface area contributed by atoms with Crippen LogP contribution in [0, 0.1) is 0 Å². The molecule has 3 rings (SSSR count). The summed E-state index contributed by atoms with van der Waals surface area (Å²) in [5.41, 5.74) is 1.12. The van der Waals surface area contributed by atoms with Crippen molar-refractivity contribution in [1.29, 1.82) is 0 Å². The highest BCUT2D eigenvalue weighted by Gasteiger charge is 2.21. The van der Waals surface area contributed by atoms with E-state index < -0.39 is 0 Å². The van der Waals surface area contributed by atoms with Crippen LogP contribution in [0.25, 0.3) is 11.3 Å². The van der Waals surface area contributed by atoms with E-state index in [2.05, 4.69) is 0 Å². The largest absolute Gasteiger partial charge is 0.459 e. The maximum atomic E-state index is 12.4. The van der Waals surface area contributed by atoms with Crippen molar-refractivity contribution in [1.82, 2.24) is 0 Å². The van der Waals surface area contributed by atoms with Crippen LogP contribution in [0.4, 0.5) is 0 Å². The molecule has 22 heavy (non-hydrogen) atoms. The number of rotatable bonds is 4. The van der Waals surface area contributed by atoms with Crippen molar-refractivity contribution in [2.75, 3.05) is 0 Å². The SMILES string of the molecule is O=Cc1ccc(-c2ccccc2C(=O)OC2CCCCC2)o1. The Kier molecular flexibility index (Phi) is 4.37. The zero-order valence-electron chi connectivity index (χ0n) is 12.3. The molecule has 0 aliphatic heterocycles. The smallest absolute Gasteiger partial charge is 0.339 e. The molecule has 0 unspecified atom stereocenters. The number of furan rings is 1. The summed E-state index contributed by atoms with van der Waals surface area (Å²) in [6, 6.07) is 10.4. The molecule has 1 aromatic carbocycles. The second-order valence-corrected chi connectivity index (χ2v) is 5.53. The van der Waals surface area contributed by atoms with Gasteiger partial charge < -0.3 is 9.15 Å². The van der Waals surface area contributed by atoms with E-state index in [1.807, 2.05) is 6.07 Å². The Hall–Kier alpha value is -2.36. The number of benzene rings is 1. The van der Waals surface area contributed by atoms with Gasteiger partial charge in [0.2, 0.25) is 0 Å². The first-order valence-corrected chi connectivity index (χ1v) is 7.63. The van der Waals surface area contributed by atoms with E-state index in [4.69, 9.17) is 9.15 Å². The van der Waals surface area contributed by atoms with E-state index in [9.17, 15) is 9.59 Å². The highest BCUT2D eigenvalue weighted by molar-refractivity contribution is 5.96. The second-order valence-electron chi connectivity index (χ2n) is 5.53. The third-order valence-corrected chi connectivity index (χ3v) is 3.98. The average Bonchev–Trinajstić information content (AvgIpc) is 3.05. The lowest BCUT2D eigenvalue weighted by atomic mass is 9.97. The summed E-state index contributed by atoms with van der Waals surface area (Å²) >= 11 is 0. The molecule has 1 aliphatic carbocycles.